The van der Waals surface area contributed by atoms with Gasteiger partial charge in [0.25, 0.3) is 0 Å². The van der Waals surface area contributed by atoms with Gasteiger partial charge in [0.05, 0.1) is 11.0 Å². The summed E-state index contributed by atoms with van der Waals surface area (Å²) in [5, 5.41) is 9.74. The largest absolute Gasteiger partial charge is 0.492 e. The minimum atomic E-state index is -0.735. The van der Waals surface area contributed by atoms with Crippen molar-refractivity contribution in [2.75, 3.05) is 6.61 Å². The topological polar surface area (TPSA) is 64.4 Å². The molecule has 2 aromatic carbocycles. The monoisotopic (exact) mass is 420 g/mol. The Kier molecular flexibility index (Phi) is 6.59. The number of aliphatic carboxylic acids is 1. The highest BCUT2D eigenvalue weighted by molar-refractivity contribution is 5.76. The van der Waals surface area contributed by atoms with Gasteiger partial charge >= 0.3 is 5.97 Å². The normalized spacial score (nSPS) is 15.8. The van der Waals surface area contributed by atoms with E-state index in [1.54, 1.807) is 0 Å². The van der Waals surface area contributed by atoms with E-state index in [9.17, 15) is 9.90 Å². The first-order chi connectivity index (χ1) is 15.1. The van der Waals surface area contributed by atoms with Gasteiger partial charge in [-0.05, 0) is 49.1 Å². The van der Waals surface area contributed by atoms with Crippen molar-refractivity contribution in [3.05, 3.63) is 59.9 Å². The Labute approximate surface area is 184 Å². The van der Waals surface area contributed by atoms with Gasteiger partial charge in [0.2, 0.25) is 0 Å². The van der Waals surface area contributed by atoms with E-state index >= 15 is 0 Å². The third kappa shape index (κ3) is 4.76. The van der Waals surface area contributed by atoms with E-state index in [0.29, 0.717) is 12.8 Å². The smallest absolute Gasteiger partial charge is 0.313 e. The molecule has 1 N–H and O–H groups in total. The first-order valence-electron chi connectivity index (χ1n) is 11.5. The van der Waals surface area contributed by atoms with Crippen molar-refractivity contribution in [1.82, 2.24) is 9.55 Å². The molecule has 4 rings (SSSR count). The zero-order valence-corrected chi connectivity index (χ0v) is 18.3. The summed E-state index contributed by atoms with van der Waals surface area (Å²) in [4.78, 5) is 16.7. The lowest BCUT2D eigenvalue weighted by Gasteiger charge is -2.32. The highest BCUT2D eigenvalue weighted by Crippen LogP contribution is 2.37. The van der Waals surface area contributed by atoms with Crippen LogP contribution < -0.4 is 4.74 Å². The number of carboxylic acid groups (broad SMARTS) is 1. The molecule has 164 valence electrons. The van der Waals surface area contributed by atoms with Crippen LogP contribution in [0.25, 0.3) is 11.0 Å². The zero-order chi connectivity index (χ0) is 21.7. The number of ether oxygens (including phenoxy) is 1. The molecule has 0 atom stereocenters. The predicted molar refractivity (Wildman–Crippen MR) is 123 cm³/mol. The van der Waals surface area contributed by atoms with Gasteiger partial charge in [0.1, 0.15) is 23.6 Å². The van der Waals surface area contributed by atoms with E-state index in [1.165, 1.54) is 5.56 Å². The lowest BCUT2D eigenvalue weighted by molar-refractivity contribution is -0.153. The van der Waals surface area contributed by atoms with Gasteiger partial charge < -0.3 is 14.4 Å². The predicted octanol–water partition coefficient (Wildman–Crippen LogP) is 5.84. The third-order valence-corrected chi connectivity index (χ3v) is 6.53. The molecule has 5 heteroatoms. The highest BCUT2D eigenvalue weighted by atomic mass is 16.5. The van der Waals surface area contributed by atoms with E-state index in [2.05, 4.69) is 41.8 Å². The summed E-state index contributed by atoms with van der Waals surface area (Å²) >= 11 is 0. The molecule has 1 aliphatic rings. The first-order valence-corrected chi connectivity index (χ1v) is 11.5. The lowest BCUT2D eigenvalue weighted by atomic mass is 9.75. The molecule has 1 aliphatic carbocycles. The van der Waals surface area contributed by atoms with Crippen LogP contribution in [0.15, 0.2) is 48.5 Å². The van der Waals surface area contributed by atoms with E-state index < -0.39 is 11.4 Å². The van der Waals surface area contributed by atoms with Crippen LogP contribution in [0.2, 0.25) is 0 Å². The van der Waals surface area contributed by atoms with E-state index in [0.717, 1.165) is 67.7 Å². The number of nitrogens with zero attached hydrogens (tertiary/aromatic N) is 2. The summed E-state index contributed by atoms with van der Waals surface area (Å²) < 4.78 is 8.26. The number of fused-ring (bicyclic) bond motifs is 1. The molecular formula is C26H32N2O3. The Bertz CT molecular complexity index is 1020. The Hall–Kier alpha value is -2.82. The van der Waals surface area contributed by atoms with Gasteiger partial charge in [-0.3, -0.25) is 4.79 Å². The van der Waals surface area contributed by atoms with Crippen LogP contribution in [-0.4, -0.2) is 27.2 Å². The maximum Gasteiger partial charge on any atom is 0.313 e. The van der Waals surface area contributed by atoms with E-state index in [-0.39, 0.29) is 6.61 Å². The van der Waals surface area contributed by atoms with Gasteiger partial charge in [0, 0.05) is 13.0 Å². The number of carboxylic acids is 1. The average Bonchev–Trinajstić information content (AvgIpc) is 3.15. The minimum Gasteiger partial charge on any atom is -0.492 e. The maximum absolute atomic E-state index is 11.9. The molecule has 3 aromatic rings. The van der Waals surface area contributed by atoms with Gasteiger partial charge in [-0.25, -0.2) is 4.98 Å². The fourth-order valence-corrected chi connectivity index (χ4v) is 4.57. The molecule has 1 aromatic heterocycles. The van der Waals surface area contributed by atoms with E-state index in [1.807, 2.05) is 18.2 Å². The minimum absolute atomic E-state index is 0.245. The summed E-state index contributed by atoms with van der Waals surface area (Å²) in [6.07, 6.45) is 7.70. The Morgan fingerprint density at radius 2 is 1.84 bits per heavy atom. The quantitative estimate of drug-likeness (QED) is 0.472. The molecule has 0 amide bonds. The summed E-state index contributed by atoms with van der Waals surface area (Å²) in [5.41, 5.74) is 2.65. The Morgan fingerprint density at radius 3 is 2.55 bits per heavy atom. The maximum atomic E-state index is 11.9. The summed E-state index contributed by atoms with van der Waals surface area (Å²) in [6.45, 7) is 3.21. The Morgan fingerprint density at radius 1 is 1.10 bits per heavy atom. The highest BCUT2D eigenvalue weighted by Gasteiger charge is 2.40. The number of carbonyl (C=O) groups is 1. The van der Waals surface area contributed by atoms with Crippen molar-refractivity contribution in [2.24, 2.45) is 5.41 Å². The van der Waals surface area contributed by atoms with Crippen molar-refractivity contribution < 1.29 is 14.6 Å². The van der Waals surface area contributed by atoms with Crippen LogP contribution in [0.3, 0.4) is 0 Å². The summed E-state index contributed by atoms with van der Waals surface area (Å²) in [5.74, 6) is 1.14. The van der Waals surface area contributed by atoms with Gasteiger partial charge in [-0.1, -0.05) is 56.9 Å². The summed E-state index contributed by atoms with van der Waals surface area (Å²) in [7, 11) is 0. The van der Waals surface area contributed by atoms with Crippen LogP contribution in [0.1, 0.15) is 63.3 Å². The Balaban J connectivity index is 1.47. The molecule has 1 fully saturated rings. The third-order valence-electron chi connectivity index (χ3n) is 6.53. The number of para-hydroxylation sites is 2. The second-order valence-corrected chi connectivity index (χ2v) is 8.79. The molecule has 0 unspecified atom stereocenters. The molecule has 0 bridgehead atoms. The van der Waals surface area contributed by atoms with Crippen molar-refractivity contribution in [3.8, 4) is 5.75 Å². The number of rotatable bonds is 9. The van der Waals surface area contributed by atoms with Crippen molar-refractivity contribution in [1.29, 1.82) is 0 Å². The number of imidazole rings is 1. The fourth-order valence-electron chi connectivity index (χ4n) is 4.57. The molecule has 1 heterocycles. The number of aryl methyl sites for hydroxylation is 1. The molecule has 31 heavy (non-hydrogen) atoms. The van der Waals surface area contributed by atoms with Crippen molar-refractivity contribution in [2.45, 2.75) is 64.8 Å². The van der Waals surface area contributed by atoms with Crippen LogP contribution >= 0.6 is 0 Å². The SMILES string of the molecule is CCCCc1nc2ccccc2n1Cc1ccc(OCC2(C(=O)O)CCCCC2)cc1. The zero-order valence-electron chi connectivity index (χ0n) is 18.3. The van der Waals surface area contributed by atoms with Crippen LogP contribution in [-0.2, 0) is 17.8 Å². The van der Waals surface area contributed by atoms with Gasteiger partial charge in [-0.2, -0.15) is 0 Å². The molecule has 0 spiro atoms. The van der Waals surface area contributed by atoms with Gasteiger partial charge in [0.15, 0.2) is 0 Å². The average molecular weight is 421 g/mol. The number of unbranched alkanes of at least 4 members (excludes halogenated alkanes) is 1. The molecule has 0 radical (unpaired) electrons. The fraction of sp³-hybridized carbons (Fsp3) is 0.462. The number of aromatic nitrogens is 2. The molecule has 1 saturated carbocycles. The van der Waals surface area contributed by atoms with Gasteiger partial charge in [-0.15, -0.1) is 0 Å². The number of hydrogen-bond acceptors (Lipinski definition) is 3. The van der Waals surface area contributed by atoms with E-state index in [4.69, 9.17) is 9.72 Å². The summed E-state index contributed by atoms with van der Waals surface area (Å²) in [6, 6.07) is 16.4. The molecular weight excluding hydrogens is 388 g/mol. The second kappa shape index (κ2) is 9.54. The lowest BCUT2D eigenvalue weighted by Crippen LogP contribution is -2.38. The van der Waals surface area contributed by atoms with Crippen molar-refractivity contribution >= 4 is 17.0 Å². The number of benzene rings is 2. The number of hydrogen-bond donors (Lipinski definition) is 1. The molecule has 5 nitrogen and oxygen atoms in total. The van der Waals surface area contributed by atoms with Crippen LogP contribution in [0.4, 0.5) is 0 Å². The molecule has 0 saturated heterocycles. The molecule has 0 aliphatic heterocycles. The van der Waals surface area contributed by atoms with Crippen molar-refractivity contribution in [3.63, 3.8) is 0 Å². The van der Waals surface area contributed by atoms with Crippen LogP contribution in [0.5, 0.6) is 5.75 Å². The second-order valence-electron chi connectivity index (χ2n) is 8.79. The standard InChI is InChI=1S/C26H32N2O3/c1-2-3-11-24-27-22-9-5-6-10-23(22)28(24)18-20-12-14-21(15-13-20)31-19-26(25(29)30)16-7-4-8-17-26/h5-6,9-10,12-15H,2-4,7-8,11,16-19H2,1H3,(H,29,30). The first kappa shape index (κ1) is 21.4. The van der Waals surface area contributed by atoms with Crippen LogP contribution in [0, 0.1) is 5.41 Å².